The molecule has 126 valence electrons. The van der Waals surface area contributed by atoms with Gasteiger partial charge in [0.1, 0.15) is 23.1 Å². The van der Waals surface area contributed by atoms with Crippen molar-refractivity contribution < 1.29 is 9.13 Å². The summed E-state index contributed by atoms with van der Waals surface area (Å²) in [6.07, 6.45) is 0.477. The topological polar surface area (TPSA) is 44.1 Å². The Balaban J connectivity index is 2.11. The maximum absolute atomic E-state index is 13.0. The lowest BCUT2D eigenvalue weighted by molar-refractivity contribution is 0.414. The molecule has 0 unspecified atom stereocenters. The quantitative estimate of drug-likeness (QED) is 0.708. The van der Waals surface area contributed by atoms with Crippen molar-refractivity contribution in [3.05, 3.63) is 56.4 Å². The van der Waals surface area contributed by atoms with E-state index in [1.54, 1.807) is 7.11 Å². The maximum Gasteiger partial charge on any atom is 0.262 e. The fourth-order valence-electron chi connectivity index (χ4n) is 2.75. The van der Waals surface area contributed by atoms with Gasteiger partial charge in [-0.2, -0.15) is 0 Å². The van der Waals surface area contributed by atoms with E-state index in [-0.39, 0.29) is 12.1 Å². The number of halogens is 1. The van der Waals surface area contributed by atoms with Crippen LogP contribution in [0.15, 0.2) is 29.1 Å². The lowest BCUT2D eigenvalue weighted by Gasteiger charge is -2.11. The van der Waals surface area contributed by atoms with Gasteiger partial charge in [-0.1, -0.05) is 12.1 Å². The van der Waals surface area contributed by atoms with E-state index in [1.807, 2.05) is 38.1 Å². The Labute approximate surface area is 143 Å². The lowest BCUT2D eigenvalue weighted by atomic mass is 10.1. The van der Waals surface area contributed by atoms with E-state index in [4.69, 9.17) is 4.74 Å². The summed E-state index contributed by atoms with van der Waals surface area (Å²) >= 11 is 1.51. The number of aromatic nitrogens is 2. The van der Waals surface area contributed by atoms with E-state index in [0.29, 0.717) is 17.6 Å². The van der Waals surface area contributed by atoms with Crippen LogP contribution in [0.1, 0.15) is 21.8 Å². The van der Waals surface area contributed by atoms with Crippen molar-refractivity contribution in [3.8, 4) is 5.75 Å². The molecule has 3 aromatic rings. The number of methoxy groups -OCH3 is 1. The Morgan fingerprint density at radius 2 is 1.96 bits per heavy atom. The summed E-state index contributed by atoms with van der Waals surface area (Å²) in [5, 5.41) is 0.615. The minimum absolute atomic E-state index is 0.0294. The number of ether oxygens (including phenoxy) is 1. The number of rotatable bonds is 5. The van der Waals surface area contributed by atoms with Crippen LogP contribution in [0.25, 0.3) is 10.2 Å². The Kier molecular flexibility index (Phi) is 4.66. The summed E-state index contributed by atoms with van der Waals surface area (Å²) in [4.78, 5) is 19.3. The molecule has 2 heterocycles. The van der Waals surface area contributed by atoms with Gasteiger partial charge in [0.15, 0.2) is 0 Å². The number of hydrogen-bond acceptors (Lipinski definition) is 4. The average molecular weight is 346 g/mol. The second-order valence-corrected chi connectivity index (χ2v) is 6.87. The van der Waals surface area contributed by atoms with Crippen molar-refractivity contribution in [1.82, 2.24) is 9.55 Å². The van der Waals surface area contributed by atoms with E-state index >= 15 is 0 Å². The van der Waals surface area contributed by atoms with Gasteiger partial charge in [0.2, 0.25) is 0 Å². The summed E-state index contributed by atoms with van der Waals surface area (Å²) in [6, 6.07) is 7.59. The molecule has 0 N–H and O–H groups in total. The zero-order valence-corrected chi connectivity index (χ0v) is 14.7. The van der Waals surface area contributed by atoms with Crippen LogP contribution < -0.4 is 10.3 Å². The molecule has 2 aromatic heterocycles. The molecule has 0 saturated heterocycles. The molecule has 0 aliphatic rings. The number of fused-ring (bicyclic) bond motifs is 1. The van der Waals surface area contributed by atoms with Gasteiger partial charge in [-0.3, -0.25) is 9.36 Å². The molecule has 1 aromatic carbocycles. The van der Waals surface area contributed by atoms with Gasteiger partial charge in [0, 0.05) is 11.3 Å². The number of nitrogens with zero attached hydrogens (tertiary/aromatic N) is 2. The van der Waals surface area contributed by atoms with Gasteiger partial charge >= 0.3 is 0 Å². The minimum Gasteiger partial charge on any atom is -0.497 e. The zero-order valence-electron chi connectivity index (χ0n) is 13.9. The normalized spacial score (nSPS) is 11.2. The first-order valence-electron chi connectivity index (χ1n) is 7.73. The van der Waals surface area contributed by atoms with Gasteiger partial charge in [0.05, 0.1) is 19.0 Å². The summed E-state index contributed by atoms with van der Waals surface area (Å²) < 4.78 is 19.6. The van der Waals surface area contributed by atoms with Crippen LogP contribution in [0.4, 0.5) is 4.39 Å². The molecule has 0 saturated carbocycles. The summed E-state index contributed by atoms with van der Waals surface area (Å²) in [7, 11) is 1.62. The largest absolute Gasteiger partial charge is 0.497 e. The first-order chi connectivity index (χ1) is 11.5. The van der Waals surface area contributed by atoms with Crippen LogP contribution >= 0.6 is 11.3 Å². The molecule has 0 fully saturated rings. The molecule has 0 spiro atoms. The van der Waals surface area contributed by atoms with Crippen molar-refractivity contribution in [2.45, 2.75) is 26.8 Å². The maximum atomic E-state index is 13.0. The number of alkyl halides is 1. The zero-order chi connectivity index (χ0) is 17.3. The molecule has 3 rings (SSSR count). The molecule has 0 aliphatic heterocycles. The van der Waals surface area contributed by atoms with Crippen molar-refractivity contribution in [2.24, 2.45) is 0 Å². The minimum atomic E-state index is -0.592. The third-order valence-corrected chi connectivity index (χ3v) is 5.30. The van der Waals surface area contributed by atoms with E-state index in [0.717, 1.165) is 26.6 Å². The molecule has 0 atom stereocenters. The molecule has 4 nitrogen and oxygen atoms in total. The SMILES string of the molecule is COc1ccc(Cc2nc3sc(C)c(C)c3c(=O)n2CCF)cc1. The Hall–Kier alpha value is -2.21. The van der Waals surface area contributed by atoms with Gasteiger partial charge in [0.25, 0.3) is 5.56 Å². The van der Waals surface area contributed by atoms with Gasteiger partial charge in [-0.05, 0) is 37.1 Å². The fourth-order valence-corrected chi connectivity index (χ4v) is 3.78. The number of benzene rings is 1. The molecule has 0 amide bonds. The van der Waals surface area contributed by atoms with Gasteiger partial charge in [-0.15, -0.1) is 11.3 Å². The monoisotopic (exact) mass is 346 g/mol. The van der Waals surface area contributed by atoms with Crippen LogP contribution in [-0.2, 0) is 13.0 Å². The van der Waals surface area contributed by atoms with Crippen LogP contribution in [0.3, 0.4) is 0 Å². The highest BCUT2D eigenvalue weighted by Gasteiger charge is 2.16. The molecule has 0 radical (unpaired) electrons. The fraction of sp³-hybridized carbons (Fsp3) is 0.333. The predicted octanol–water partition coefficient (Wildman–Crippen LogP) is 3.64. The first-order valence-corrected chi connectivity index (χ1v) is 8.55. The summed E-state index contributed by atoms with van der Waals surface area (Å²) in [5.41, 5.74) is 1.79. The molecule has 6 heteroatoms. The van der Waals surface area contributed by atoms with Gasteiger partial charge in [-0.25, -0.2) is 9.37 Å². The van der Waals surface area contributed by atoms with Crippen LogP contribution in [0.2, 0.25) is 0 Å². The van der Waals surface area contributed by atoms with Crippen molar-refractivity contribution in [3.63, 3.8) is 0 Å². The second-order valence-electron chi connectivity index (χ2n) is 5.66. The number of hydrogen-bond donors (Lipinski definition) is 0. The molecule has 0 aliphatic carbocycles. The van der Waals surface area contributed by atoms with Crippen LogP contribution in [-0.4, -0.2) is 23.3 Å². The van der Waals surface area contributed by atoms with E-state index in [1.165, 1.54) is 15.9 Å². The molecule has 0 bridgehead atoms. The highest BCUT2D eigenvalue weighted by molar-refractivity contribution is 7.18. The first kappa shape index (κ1) is 16.6. The van der Waals surface area contributed by atoms with E-state index in [9.17, 15) is 9.18 Å². The highest BCUT2D eigenvalue weighted by atomic mass is 32.1. The molecular weight excluding hydrogens is 327 g/mol. The third-order valence-electron chi connectivity index (χ3n) is 4.20. The van der Waals surface area contributed by atoms with Crippen molar-refractivity contribution in [2.75, 3.05) is 13.8 Å². The van der Waals surface area contributed by atoms with Crippen molar-refractivity contribution in [1.29, 1.82) is 0 Å². The summed E-state index contributed by atoms with van der Waals surface area (Å²) in [6.45, 7) is 3.33. The number of thiophene rings is 1. The van der Waals surface area contributed by atoms with Gasteiger partial charge < -0.3 is 4.74 Å². The second kappa shape index (κ2) is 6.73. The van der Waals surface area contributed by atoms with Crippen molar-refractivity contribution >= 4 is 21.6 Å². The smallest absolute Gasteiger partial charge is 0.262 e. The Morgan fingerprint density at radius 1 is 1.25 bits per heavy atom. The lowest BCUT2D eigenvalue weighted by Crippen LogP contribution is -2.26. The van der Waals surface area contributed by atoms with E-state index in [2.05, 4.69) is 4.98 Å². The summed E-state index contributed by atoms with van der Waals surface area (Å²) in [5.74, 6) is 1.37. The Morgan fingerprint density at radius 3 is 2.58 bits per heavy atom. The third kappa shape index (κ3) is 2.94. The molecule has 24 heavy (non-hydrogen) atoms. The average Bonchev–Trinajstić information content (AvgIpc) is 2.86. The van der Waals surface area contributed by atoms with E-state index < -0.39 is 6.67 Å². The Bertz CT molecular complexity index is 929. The van der Waals surface area contributed by atoms with Crippen LogP contribution in [0, 0.1) is 13.8 Å². The highest BCUT2D eigenvalue weighted by Crippen LogP contribution is 2.26. The van der Waals surface area contributed by atoms with Crippen LogP contribution in [0.5, 0.6) is 5.75 Å². The standard InChI is InChI=1S/C18H19FN2O2S/c1-11-12(2)24-17-16(11)18(22)21(9-8-19)15(20-17)10-13-4-6-14(23-3)7-5-13/h4-7H,8-10H2,1-3H3. The molecular formula is C18H19FN2O2S. The number of aryl methyl sites for hydroxylation is 2. The predicted molar refractivity (Wildman–Crippen MR) is 95.1 cm³/mol.